The van der Waals surface area contributed by atoms with E-state index in [9.17, 15) is 9.18 Å². The van der Waals surface area contributed by atoms with Crippen LogP contribution >= 0.6 is 11.3 Å². The van der Waals surface area contributed by atoms with E-state index in [-0.39, 0.29) is 6.42 Å². The van der Waals surface area contributed by atoms with Gasteiger partial charge in [-0.1, -0.05) is 35.6 Å². The maximum atomic E-state index is 12.2. The molecule has 0 aliphatic rings. The Hall–Kier alpha value is -2.27. The van der Waals surface area contributed by atoms with Crippen molar-refractivity contribution >= 4 is 38.4 Å². The number of rotatable bonds is 5. The number of nitrogens with zero attached hydrogens (tertiary/aromatic N) is 1. The molecule has 0 bridgehead atoms. The van der Waals surface area contributed by atoms with Gasteiger partial charge in [0.15, 0.2) is 5.13 Å². The Kier molecular flexibility index (Phi) is 3.92. The summed E-state index contributed by atoms with van der Waals surface area (Å²) in [5.41, 5.74) is 2.84. The van der Waals surface area contributed by atoms with E-state index in [0.717, 1.165) is 26.6 Å². The van der Waals surface area contributed by atoms with E-state index in [4.69, 9.17) is 0 Å². The third kappa shape index (κ3) is 3.44. The van der Waals surface area contributed by atoms with Crippen LogP contribution in [0.25, 0.3) is 10.2 Å². The summed E-state index contributed by atoms with van der Waals surface area (Å²) in [5, 5.41) is 4.09. The molecule has 0 saturated heterocycles. The Morgan fingerprint density at radius 3 is 2.62 bits per heavy atom. The molecule has 3 rings (SSSR count). The number of hydrogen-bond donors (Lipinski definition) is 1. The van der Waals surface area contributed by atoms with Gasteiger partial charge in [0, 0.05) is 12.1 Å². The van der Waals surface area contributed by atoms with E-state index in [0.29, 0.717) is 6.42 Å². The number of para-hydroxylation sites is 1. The predicted octanol–water partition coefficient (Wildman–Crippen LogP) is 4.47. The summed E-state index contributed by atoms with van der Waals surface area (Å²) in [4.78, 5) is 14.8. The molecule has 0 unspecified atom stereocenters. The number of fused-ring (bicyclic) bond motifs is 1. The molecule has 106 valence electrons. The molecule has 0 aliphatic carbocycles. The minimum Gasteiger partial charge on any atom is -0.332 e. The van der Waals surface area contributed by atoms with Gasteiger partial charge < -0.3 is 5.32 Å². The Bertz CT molecular complexity index is 734. The smallest absolute Gasteiger partial charge is 0.301 e. The highest BCUT2D eigenvalue weighted by molar-refractivity contribution is 7.22. The van der Waals surface area contributed by atoms with E-state index >= 15 is 0 Å². The van der Waals surface area contributed by atoms with Crippen LogP contribution in [0.5, 0.6) is 0 Å². The van der Waals surface area contributed by atoms with Crippen LogP contribution in [0.3, 0.4) is 0 Å². The van der Waals surface area contributed by atoms with Crippen LogP contribution in [0.1, 0.15) is 12.0 Å². The Balaban J connectivity index is 1.71. The fraction of sp³-hybridized carbons (Fsp3) is 0.125. The molecule has 3 aromatic rings. The number of nitrogens with one attached hydrogen (secondary N) is 1. The monoisotopic (exact) mass is 300 g/mol. The van der Waals surface area contributed by atoms with Crippen molar-refractivity contribution in [2.24, 2.45) is 0 Å². The van der Waals surface area contributed by atoms with Gasteiger partial charge in [0.25, 0.3) is 0 Å². The van der Waals surface area contributed by atoms with Crippen LogP contribution in [0.2, 0.25) is 0 Å². The number of carbonyl (C=O) groups excluding carboxylic acids is 1. The zero-order valence-electron chi connectivity index (χ0n) is 11.2. The number of carbonyl (C=O) groups is 1. The zero-order valence-corrected chi connectivity index (χ0v) is 12.0. The summed E-state index contributed by atoms with van der Waals surface area (Å²) in [5.74, 6) is 0. The number of halogens is 1. The molecule has 1 heterocycles. The third-order valence-corrected chi connectivity index (χ3v) is 4.06. The third-order valence-electron chi connectivity index (χ3n) is 3.11. The molecule has 2 aromatic carbocycles. The number of aryl methyl sites for hydroxylation is 1. The predicted molar refractivity (Wildman–Crippen MR) is 83.8 cm³/mol. The van der Waals surface area contributed by atoms with Gasteiger partial charge in [-0.15, -0.1) is 0 Å². The molecule has 0 amide bonds. The van der Waals surface area contributed by atoms with Crippen molar-refractivity contribution in [1.29, 1.82) is 0 Å². The van der Waals surface area contributed by atoms with E-state index in [1.807, 2.05) is 48.5 Å². The number of anilines is 2. The number of aromatic nitrogens is 1. The first-order valence-corrected chi connectivity index (χ1v) is 7.42. The van der Waals surface area contributed by atoms with Crippen LogP contribution < -0.4 is 5.32 Å². The summed E-state index contributed by atoms with van der Waals surface area (Å²) in [7, 11) is 0. The molecule has 0 saturated carbocycles. The standard InChI is InChI=1S/C16H13FN2OS/c17-15(20)10-7-11-5-8-12(9-6-11)18-16-19-13-3-1-2-4-14(13)21-16/h1-6,8-9H,7,10H2,(H,18,19). The molecule has 0 radical (unpaired) electrons. The average Bonchev–Trinajstić information content (AvgIpc) is 2.88. The summed E-state index contributed by atoms with van der Waals surface area (Å²) < 4.78 is 13.3. The van der Waals surface area contributed by atoms with Gasteiger partial charge in [-0.2, -0.15) is 4.39 Å². The molecular weight excluding hydrogens is 287 g/mol. The minimum atomic E-state index is -1.27. The molecule has 0 spiro atoms. The summed E-state index contributed by atoms with van der Waals surface area (Å²) in [6.07, 6.45) is 0.362. The van der Waals surface area contributed by atoms with E-state index in [1.54, 1.807) is 11.3 Å². The molecule has 0 fully saturated rings. The highest BCUT2D eigenvalue weighted by Crippen LogP contribution is 2.28. The first kappa shape index (κ1) is 13.7. The molecule has 0 aliphatic heterocycles. The van der Waals surface area contributed by atoms with E-state index in [1.165, 1.54) is 0 Å². The lowest BCUT2D eigenvalue weighted by Gasteiger charge is -2.03. The molecule has 21 heavy (non-hydrogen) atoms. The van der Waals surface area contributed by atoms with Gasteiger partial charge in [0.05, 0.1) is 10.2 Å². The summed E-state index contributed by atoms with van der Waals surface area (Å²) in [6.45, 7) is 0. The van der Waals surface area contributed by atoms with Crippen molar-refractivity contribution in [3.05, 3.63) is 54.1 Å². The first-order chi connectivity index (χ1) is 10.2. The molecule has 1 aromatic heterocycles. The zero-order chi connectivity index (χ0) is 14.7. The second kappa shape index (κ2) is 6.01. The van der Waals surface area contributed by atoms with Gasteiger partial charge >= 0.3 is 6.04 Å². The van der Waals surface area contributed by atoms with E-state index in [2.05, 4.69) is 10.3 Å². The number of hydrogen-bond acceptors (Lipinski definition) is 4. The van der Waals surface area contributed by atoms with Crippen molar-refractivity contribution in [2.45, 2.75) is 12.8 Å². The lowest BCUT2D eigenvalue weighted by atomic mass is 10.1. The fourth-order valence-corrected chi connectivity index (χ4v) is 2.93. The van der Waals surface area contributed by atoms with Gasteiger partial charge in [-0.25, -0.2) is 4.98 Å². The lowest BCUT2D eigenvalue weighted by molar-refractivity contribution is -0.129. The molecule has 1 N–H and O–H groups in total. The SMILES string of the molecule is O=C(F)CCc1ccc(Nc2nc3ccccc3s2)cc1. The van der Waals surface area contributed by atoms with Gasteiger partial charge in [0.2, 0.25) is 0 Å². The van der Waals surface area contributed by atoms with Crippen molar-refractivity contribution in [3.63, 3.8) is 0 Å². The number of thiazole rings is 1. The lowest BCUT2D eigenvalue weighted by Crippen LogP contribution is -1.93. The van der Waals surface area contributed by atoms with Crippen molar-refractivity contribution in [2.75, 3.05) is 5.32 Å². The van der Waals surface area contributed by atoms with Gasteiger partial charge in [-0.05, 0) is 36.2 Å². The molecule has 3 nitrogen and oxygen atoms in total. The average molecular weight is 300 g/mol. The summed E-state index contributed by atoms with van der Waals surface area (Å²) in [6, 6.07) is 14.3. The second-order valence-corrected chi connectivity index (χ2v) is 5.69. The second-order valence-electron chi connectivity index (χ2n) is 4.66. The van der Waals surface area contributed by atoms with Crippen molar-refractivity contribution in [3.8, 4) is 0 Å². The van der Waals surface area contributed by atoms with Crippen LogP contribution in [-0.4, -0.2) is 11.0 Å². The fourth-order valence-electron chi connectivity index (χ4n) is 2.05. The quantitative estimate of drug-likeness (QED) is 0.707. The van der Waals surface area contributed by atoms with E-state index < -0.39 is 6.04 Å². The highest BCUT2D eigenvalue weighted by atomic mass is 32.1. The normalized spacial score (nSPS) is 10.7. The Morgan fingerprint density at radius 2 is 1.90 bits per heavy atom. The Morgan fingerprint density at radius 1 is 1.14 bits per heavy atom. The van der Waals surface area contributed by atoms with Crippen LogP contribution in [0, 0.1) is 0 Å². The van der Waals surface area contributed by atoms with Gasteiger partial charge in [-0.3, -0.25) is 4.79 Å². The van der Waals surface area contributed by atoms with Crippen molar-refractivity contribution in [1.82, 2.24) is 4.98 Å². The molecule has 0 atom stereocenters. The van der Waals surface area contributed by atoms with Gasteiger partial charge in [0.1, 0.15) is 0 Å². The molecule has 5 heteroatoms. The number of benzene rings is 2. The largest absolute Gasteiger partial charge is 0.332 e. The van der Waals surface area contributed by atoms with Crippen LogP contribution in [0.4, 0.5) is 15.2 Å². The highest BCUT2D eigenvalue weighted by Gasteiger charge is 2.04. The minimum absolute atomic E-state index is 0.0648. The van der Waals surface area contributed by atoms with Crippen LogP contribution in [0.15, 0.2) is 48.5 Å². The first-order valence-electron chi connectivity index (χ1n) is 6.60. The summed E-state index contributed by atoms with van der Waals surface area (Å²) >= 11 is 1.59. The van der Waals surface area contributed by atoms with Crippen LogP contribution in [-0.2, 0) is 11.2 Å². The van der Waals surface area contributed by atoms with Crippen molar-refractivity contribution < 1.29 is 9.18 Å². The topological polar surface area (TPSA) is 42.0 Å². The maximum absolute atomic E-state index is 12.2. The maximum Gasteiger partial charge on any atom is 0.301 e. The Labute approximate surface area is 125 Å². The molecular formula is C16H13FN2OS.